The van der Waals surface area contributed by atoms with Gasteiger partial charge >= 0.3 is 0 Å². The molecule has 0 fully saturated rings. The first-order valence-corrected chi connectivity index (χ1v) is 10.6. The van der Waals surface area contributed by atoms with Crippen molar-refractivity contribution in [2.24, 2.45) is 5.92 Å². The predicted octanol–water partition coefficient (Wildman–Crippen LogP) is 6.78. The number of para-hydroxylation sites is 1. The highest BCUT2D eigenvalue weighted by molar-refractivity contribution is 5.36. The van der Waals surface area contributed by atoms with Gasteiger partial charge in [0.1, 0.15) is 5.75 Å². The molecule has 3 heteroatoms. The minimum Gasteiger partial charge on any atom is -0.507 e. The molecule has 0 amide bonds. The molecule has 2 unspecified atom stereocenters. The van der Waals surface area contributed by atoms with E-state index >= 15 is 0 Å². The maximum atomic E-state index is 10.5. The molecule has 0 saturated carbocycles. The fraction of sp³-hybridized carbons (Fsp3) is 0.739. The molecule has 1 aromatic rings. The van der Waals surface area contributed by atoms with Crippen LogP contribution in [0.1, 0.15) is 90.5 Å². The van der Waals surface area contributed by atoms with Crippen LogP contribution in [-0.4, -0.2) is 18.8 Å². The number of phenolic OH excluding ortho intramolecular Hbond substituents is 1. The number of rotatable bonds is 15. The van der Waals surface area contributed by atoms with Crippen molar-refractivity contribution in [3.05, 3.63) is 29.8 Å². The van der Waals surface area contributed by atoms with Crippen molar-refractivity contribution in [1.29, 1.82) is 0 Å². The molecule has 150 valence electrons. The van der Waals surface area contributed by atoms with Gasteiger partial charge in [0.2, 0.25) is 5.79 Å². The molecular formula is C23H40O3. The summed E-state index contributed by atoms with van der Waals surface area (Å²) in [5, 5.41) is 10.5. The molecule has 1 aromatic carbocycles. The molecule has 3 nitrogen and oxygen atoms in total. The normalized spacial score (nSPS) is 14.9. The lowest BCUT2D eigenvalue weighted by atomic mass is 9.83. The van der Waals surface area contributed by atoms with Gasteiger partial charge in [-0.1, -0.05) is 77.8 Å². The van der Waals surface area contributed by atoms with Crippen molar-refractivity contribution in [1.82, 2.24) is 0 Å². The number of benzene rings is 1. The predicted molar refractivity (Wildman–Crippen MR) is 109 cm³/mol. The van der Waals surface area contributed by atoms with E-state index in [9.17, 15) is 5.11 Å². The second-order valence-corrected chi connectivity index (χ2v) is 7.28. The Morgan fingerprint density at radius 3 is 2.19 bits per heavy atom. The van der Waals surface area contributed by atoms with E-state index in [2.05, 4.69) is 20.8 Å². The van der Waals surface area contributed by atoms with E-state index in [0.29, 0.717) is 6.61 Å². The van der Waals surface area contributed by atoms with Gasteiger partial charge in [0.05, 0.1) is 12.2 Å². The van der Waals surface area contributed by atoms with E-state index in [1.54, 1.807) is 13.2 Å². The number of methoxy groups -OCH3 is 1. The maximum absolute atomic E-state index is 10.5. The summed E-state index contributed by atoms with van der Waals surface area (Å²) >= 11 is 0. The fourth-order valence-corrected chi connectivity index (χ4v) is 3.82. The molecule has 0 aliphatic heterocycles. The summed E-state index contributed by atoms with van der Waals surface area (Å²) in [6.07, 6.45) is 11.8. The summed E-state index contributed by atoms with van der Waals surface area (Å²) in [6, 6.07) is 7.47. The zero-order chi connectivity index (χ0) is 19.3. The first-order valence-electron chi connectivity index (χ1n) is 10.6. The second-order valence-electron chi connectivity index (χ2n) is 7.28. The lowest BCUT2D eigenvalue weighted by Crippen LogP contribution is -2.40. The lowest BCUT2D eigenvalue weighted by Gasteiger charge is -2.40. The summed E-state index contributed by atoms with van der Waals surface area (Å²) in [5.41, 5.74) is 0.764. The third-order valence-electron chi connectivity index (χ3n) is 5.18. The third-order valence-corrected chi connectivity index (χ3v) is 5.18. The average Bonchev–Trinajstić information content (AvgIpc) is 2.66. The Morgan fingerprint density at radius 2 is 1.58 bits per heavy atom. The molecule has 0 radical (unpaired) electrons. The van der Waals surface area contributed by atoms with Gasteiger partial charge in [0.15, 0.2) is 0 Å². The number of ether oxygens (including phenoxy) is 2. The smallest absolute Gasteiger partial charge is 0.201 e. The van der Waals surface area contributed by atoms with Crippen LogP contribution < -0.4 is 0 Å². The first kappa shape index (κ1) is 23.0. The average molecular weight is 365 g/mol. The third kappa shape index (κ3) is 6.59. The van der Waals surface area contributed by atoms with Crippen molar-refractivity contribution >= 4 is 0 Å². The summed E-state index contributed by atoms with van der Waals surface area (Å²) in [7, 11) is 1.71. The summed E-state index contributed by atoms with van der Waals surface area (Å²) in [4.78, 5) is 0. The highest BCUT2D eigenvalue weighted by atomic mass is 16.7. The second kappa shape index (κ2) is 13.2. The first-order chi connectivity index (χ1) is 12.7. The molecule has 0 heterocycles. The Kier molecular flexibility index (Phi) is 11.6. The van der Waals surface area contributed by atoms with E-state index in [1.165, 1.54) is 38.5 Å². The topological polar surface area (TPSA) is 38.7 Å². The Bertz CT molecular complexity index is 474. The van der Waals surface area contributed by atoms with Crippen LogP contribution >= 0.6 is 0 Å². The number of aromatic hydroxyl groups is 1. The summed E-state index contributed by atoms with van der Waals surface area (Å²) in [6.45, 7) is 7.19. The SMILES string of the molecule is CCCCCCCCC(CCC)C(OC)(OCCC)c1ccccc1O. The van der Waals surface area contributed by atoms with Gasteiger partial charge in [-0.2, -0.15) is 0 Å². The molecule has 1 rings (SSSR count). The van der Waals surface area contributed by atoms with Gasteiger partial charge in [-0.05, 0) is 31.4 Å². The Balaban J connectivity index is 2.96. The van der Waals surface area contributed by atoms with E-state index in [1.807, 2.05) is 18.2 Å². The van der Waals surface area contributed by atoms with Crippen LogP contribution in [0.2, 0.25) is 0 Å². The summed E-state index contributed by atoms with van der Waals surface area (Å²) in [5.74, 6) is -0.362. The molecule has 0 bridgehead atoms. The van der Waals surface area contributed by atoms with Crippen LogP contribution in [0.5, 0.6) is 5.75 Å². The molecule has 26 heavy (non-hydrogen) atoms. The quantitative estimate of drug-likeness (QED) is 0.275. The minimum absolute atomic E-state index is 0.239. The molecule has 0 saturated heterocycles. The van der Waals surface area contributed by atoms with E-state index in [4.69, 9.17) is 9.47 Å². The van der Waals surface area contributed by atoms with E-state index < -0.39 is 5.79 Å². The van der Waals surface area contributed by atoms with Crippen molar-refractivity contribution in [2.45, 2.75) is 90.8 Å². The van der Waals surface area contributed by atoms with Crippen LogP contribution in [0.15, 0.2) is 24.3 Å². The minimum atomic E-state index is -0.860. The molecule has 2 atom stereocenters. The van der Waals surface area contributed by atoms with Gasteiger partial charge in [0.25, 0.3) is 0 Å². The van der Waals surface area contributed by atoms with Gasteiger partial charge in [-0.15, -0.1) is 0 Å². The van der Waals surface area contributed by atoms with Crippen LogP contribution in [0.4, 0.5) is 0 Å². The van der Waals surface area contributed by atoms with Crippen LogP contribution in [0, 0.1) is 5.92 Å². The van der Waals surface area contributed by atoms with Crippen molar-refractivity contribution in [2.75, 3.05) is 13.7 Å². The summed E-state index contributed by atoms with van der Waals surface area (Å²) < 4.78 is 12.4. The lowest BCUT2D eigenvalue weighted by molar-refractivity contribution is -0.268. The van der Waals surface area contributed by atoms with E-state index in [-0.39, 0.29) is 11.7 Å². The Labute approximate surface area is 161 Å². The number of hydrogen-bond acceptors (Lipinski definition) is 3. The zero-order valence-electron chi connectivity index (χ0n) is 17.4. The largest absolute Gasteiger partial charge is 0.507 e. The van der Waals surface area contributed by atoms with Gasteiger partial charge in [-0.3, -0.25) is 0 Å². The van der Waals surface area contributed by atoms with Crippen LogP contribution in [-0.2, 0) is 15.3 Å². The Hall–Kier alpha value is -1.06. The monoisotopic (exact) mass is 364 g/mol. The number of phenols is 1. The van der Waals surface area contributed by atoms with Gasteiger partial charge in [-0.25, -0.2) is 0 Å². The van der Waals surface area contributed by atoms with Gasteiger partial charge in [0, 0.05) is 13.0 Å². The van der Waals surface area contributed by atoms with Crippen molar-refractivity contribution in [3.8, 4) is 5.75 Å². The van der Waals surface area contributed by atoms with Crippen molar-refractivity contribution in [3.63, 3.8) is 0 Å². The molecular weight excluding hydrogens is 324 g/mol. The van der Waals surface area contributed by atoms with E-state index in [0.717, 1.165) is 31.2 Å². The van der Waals surface area contributed by atoms with Crippen LogP contribution in [0.25, 0.3) is 0 Å². The maximum Gasteiger partial charge on any atom is 0.201 e. The van der Waals surface area contributed by atoms with Crippen LogP contribution in [0.3, 0.4) is 0 Å². The molecule has 0 aliphatic carbocycles. The number of unbranched alkanes of at least 4 members (excludes halogenated alkanes) is 5. The van der Waals surface area contributed by atoms with Gasteiger partial charge < -0.3 is 14.6 Å². The highest BCUT2D eigenvalue weighted by Crippen LogP contribution is 2.43. The zero-order valence-corrected chi connectivity index (χ0v) is 17.4. The fourth-order valence-electron chi connectivity index (χ4n) is 3.82. The standard InChI is InChI=1S/C23H40O3/c1-5-8-9-10-11-12-16-20(15-6-2)23(25-4,26-19-7-3)21-17-13-14-18-22(21)24/h13-14,17-18,20,24H,5-12,15-16,19H2,1-4H3. The number of hydrogen-bond donors (Lipinski definition) is 1. The highest BCUT2D eigenvalue weighted by Gasteiger charge is 2.42. The molecule has 0 aromatic heterocycles. The molecule has 0 spiro atoms. The Morgan fingerprint density at radius 1 is 0.885 bits per heavy atom. The van der Waals surface area contributed by atoms with Crippen molar-refractivity contribution < 1.29 is 14.6 Å². The molecule has 1 N–H and O–H groups in total. The molecule has 0 aliphatic rings.